The van der Waals surface area contributed by atoms with Gasteiger partial charge in [0.25, 0.3) is 5.91 Å². The third-order valence-corrected chi connectivity index (χ3v) is 5.08. The normalized spacial score (nSPS) is 19.7. The lowest BCUT2D eigenvalue weighted by atomic mass is 9.94. The molecule has 28 heavy (non-hydrogen) atoms. The van der Waals surface area contributed by atoms with Gasteiger partial charge >= 0.3 is 0 Å². The van der Waals surface area contributed by atoms with E-state index in [2.05, 4.69) is 37.6 Å². The molecule has 3 rings (SSSR count). The Morgan fingerprint density at radius 3 is 2.68 bits per heavy atom. The predicted molar refractivity (Wildman–Crippen MR) is 109 cm³/mol. The smallest absolute Gasteiger partial charge is 0.279 e. The lowest BCUT2D eigenvalue weighted by molar-refractivity contribution is -0.134. The minimum Gasteiger partial charge on any atom is -0.481 e. The number of carbonyl (C=O) groups is 2. The molecule has 1 saturated heterocycles. The second-order valence-electron chi connectivity index (χ2n) is 6.36. The third-order valence-electron chi connectivity index (χ3n) is 4.33. The van der Waals surface area contributed by atoms with Crippen LogP contribution in [0.3, 0.4) is 0 Å². The second-order valence-corrected chi connectivity index (χ2v) is 7.71. The van der Waals surface area contributed by atoms with Crippen LogP contribution in [-0.2, 0) is 9.59 Å². The molecule has 1 fully saturated rings. The highest BCUT2D eigenvalue weighted by molar-refractivity contribution is 9.10. The van der Waals surface area contributed by atoms with Crippen LogP contribution in [0.4, 0.5) is 0 Å². The minimum absolute atomic E-state index is 0.232. The van der Waals surface area contributed by atoms with E-state index < -0.39 is 17.9 Å². The molecule has 0 radical (unpaired) electrons. The molecule has 0 saturated carbocycles. The lowest BCUT2D eigenvalue weighted by Gasteiger charge is -2.20. The largest absolute Gasteiger partial charge is 0.481 e. The molecule has 1 aliphatic heterocycles. The van der Waals surface area contributed by atoms with Crippen molar-refractivity contribution < 1.29 is 14.3 Å². The maximum atomic E-state index is 12.5. The fourth-order valence-electron chi connectivity index (χ4n) is 2.84. The summed E-state index contributed by atoms with van der Waals surface area (Å²) in [6.07, 6.45) is -0.776. The molecule has 0 spiro atoms. The van der Waals surface area contributed by atoms with Crippen LogP contribution in [0.25, 0.3) is 0 Å². The summed E-state index contributed by atoms with van der Waals surface area (Å²) in [6, 6.07) is 14.2. The number of hydrazine groups is 2. The third kappa shape index (κ3) is 5.23. The first-order chi connectivity index (χ1) is 13.4. The summed E-state index contributed by atoms with van der Waals surface area (Å²) < 4.78 is 6.43. The van der Waals surface area contributed by atoms with Crippen LogP contribution in [0.2, 0.25) is 5.02 Å². The molecule has 0 aromatic heterocycles. The van der Waals surface area contributed by atoms with E-state index in [-0.39, 0.29) is 11.9 Å². The molecule has 9 heteroatoms. The number of benzene rings is 2. The number of amides is 2. The first-order valence-electron chi connectivity index (χ1n) is 8.70. The molecule has 3 atom stereocenters. The quantitative estimate of drug-likeness (QED) is 0.507. The summed E-state index contributed by atoms with van der Waals surface area (Å²) >= 11 is 9.27. The molecule has 1 heterocycles. The summed E-state index contributed by atoms with van der Waals surface area (Å²) in [5, 5.41) is 0.627. The standard InChI is InChI=1S/C19H20BrClN4O3/c1-11(28-15-4-2-3-13(20)9-15)18(26)24-25-19(27)16-10-22-23-17(16)12-5-7-14(21)8-6-12/h2-9,11,16-17,22-23H,10H2,1H3,(H,24,26)(H,25,27). The molecular formula is C19H20BrClN4O3. The van der Waals surface area contributed by atoms with Gasteiger partial charge in [-0.15, -0.1) is 0 Å². The van der Waals surface area contributed by atoms with Crippen molar-refractivity contribution in [2.45, 2.75) is 19.1 Å². The molecule has 2 aromatic rings. The number of hydrogen-bond acceptors (Lipinski definition) is 5. The fourth-order valence-corrected chi connectivity index (χ4v) is 3.35. The topological polar surface area (TPSA) is 91.5 Å². The summed E-state index contributed by atoms with van der Waals surface area (Å²) in [6.45, 7) is 2.04. The molecule has 0 aliphatic carbocycles. The van der Waals surface area contributed by atoms with E-state index in [1.54, 1.807) is 31.2 Å². The van der Waals surface area contributed by atoms with E-state index in [4.69, 9.17) is 16.3 Å². The van der Waals surface area contributed by atoms with Crippen LogP contribution in [0.1, 0.15) is 18.5 Å². The van der Waals surface area contributed by atoms with E-state index in [0.717, 1.165) is 10.0 Å². The maximum absolute atomic E-state index is 12.5. The Morgan fingerprint density at radius 1 is 1.21 bits per heavy atom. The van der Waals surface area contributed by atoms with Crippen molar-refractivity contribution in [2.24, 2.45) is 5.92 Å². The SMILES string of the molecule is CC(Oc1cccc(Br)c1)C(=O)NNC(=O)C1CNNC1c1ccc(Cl)cc1. The van der Waals surface area contributed by atoms with Crippen LogP contribution in [-0.4, -0.2) is 24.5 Å². The van der Waals surface area contributed by atoms with Crippen LogP contribution >= 0.6 is 27.5 Å². The van der Waals surface area contributed by atoms with Crippen LogP contribution in [0.5, 0.6) is 5.75 Å². The number of rotatable bonds is 5. The van der Waals surface area contributed by atoms with Gasteiger partial charge in [0, 0.05) is 16.0 Å². The molecule has 2 amide bonds. The lowest BCUT2D eigenvalue weighted by Crippen LogP contribution is -2.50. The summed E-state index contributed by atoms with van der Waals surface area (Å²) in [5.74, 6) is -0.603. The van der Waals surface area contributed by atoms with Crippen LogP contribution < -0.4 is 26.4 Å². The summed E-state index contributed by atoms with van der Waals surface area (Å²) in [5.41, 5.74) is 11.9. The Balaban J connectivity index is 1.53. The van der Waals surface area contributed by atoms with Crippen molar-refractivity contribution in [3.8, 4) is 5.75 Å². The highest BCUT2D eigenvalue weighted by atomic mass is 79.9. The van der Waals surface area contributed by atoms with Crippen molar-refractivity contribution in [3.05, 3.63) is 63.6 Å². The van der Waals surface area contributed by atoms with E-state index >= 15 is 0 Å². The van der Waals surface area contributed by atoms with Crippen molar-refractivity contribution in [1.82, 2.24) is 21.7 Å². The number of nitrogens with one attached hydrogen (secondary N) is 4. The van der Waals surface area contributed by atoms with Crippen molar-refractivity contribution in [1.29, 1.82) is 0 Å². The maximum Gasteiger partial charge on any atom is 0.279 e. The Hall–Kier alpha value is -2.13. The van der Waals surface area contributed by atoms with Gasteiger partial charge in [-0.05, 0) is 42.8 Å². The van der Waals surface area contributed by atoms with E-state index in [9.17, 15) is 9.59 Å². The molecule has 7 nitrogen and oxygen atoms in total. The zero-order chi connectivity index (χ0) is 20.1. The minimum atomic E-state index is -0.776. The average molecular weight is 468 g/mol. The molecule has 2 aromatic carbocycles. The Kier molecular flexibility index (Phi) is 6.90. The molecule has 3 unspecified atom stereocenters. The molecule has 148 valence electrons. The van der Waals surface area contributed by atoms with E-state index in [0.29, 0.717) is 17.3 Å². The zero-order valence-corrected chi connectivity index (χ0v) is 17.4. The molecular weight excluding hydrogens is 448 g/mol. The Morgan fingerprint density at radius 2 is 1.96 bits per heavy atom. The van der Waals surface area contributed by atoms with E-state index in [1.165, 1.54) is 0 Å². The van der Waals surface area contributed by atoms with Crippen LogP contribution in [0.15, 0.2) is 53.0 Å². The Bertz CT molecular complexity index is 849. The van der Waals surface area contributed by atoms with Crippen molar-refractivity contribution in [2.75, 3.05) is 6.54 Å². The van der Waals surface area contributed by atoms with Crippen molar-refractivity contribution in [3.63, 3.8) is 0 Å². The zero-order valence-electron chi connectivity index (χ0n) is 15.0. The van der Waals surface area contributed by atoms with Crippen molar-refractivity contribution >= 4 is 39.3 Å². The molecule has 0 bridgehead atoms. The first-order valence-corrected chi connectivity index (χ1v) is 9.87. The van der Waals surface area contributed by atoms with Gasteiger partial charge in [-0.25, -0.2) is 5.43 Å². The monoisotopic (exact) mass is 466 g/mol. The van der Waals surface area contributed by atoms with Gasteiger partial charge in [0.15, 0.2) is 6.10 Å². The second kappa shape index (κ2) is 9.38. The predicted octanol–water partition coefficient (Wildman–Crippen LogP) is 2.48. The highest BCUT2D eigenvalue weighted by Gasteiger charge is 2.34. The average Bonchev–Trinajstić information content (AvgIpc) is 3.16. The van der Waals surface area contributed by atoms with Gasteiger partial charge in [-0.3, -0.25) is 25.9 Å². The number of ether oxygens (including phenoxy) is 1. The molecule has 4 N–H and O–H groups in total. The van der Waals surface area contributed by atoms with E-state index in [1.807, 2.05) is 24.3 Å². The van der Waals surface area contributed by atoms with Crippen LogP contribution in [0, 0.1) is 5.92 Å². The summed E-state index contributed by atoms with van der Waals surface area (Å²) in [4.78, 5) is 24.8. The van der Waals surface area contributed by atoms with Gasteiger partial charge in [0.05, 0.1) is 12.0 Å². The molecule has 1 aliphatic rings. The summed E-state index contributed by atoms with van der Waals surface area (Å²) in [7, 11) is 0. The first kappa shape index (κ1) is 20.6. The number of halogens is 2. The Labute approximate surface area is 176 Å². The van der Waals surface area contributed by atoms with Gasteiger partial charge in [-0.2, -0.15) is 0 Å². The van der Waals surface area contributed by atoms with Gasteiger partial charge in [0.2, 0.25) is 5.91 Å². The van der Waals surface area contributed by atoms with Gasteiger partial charge < -0.3 is 4.74 Å². The van der Waals surface area contributed by atoms with Gasteiger partial charge in [-0.1, -0.05) is 45.7 Å². The van der Waals surface area contributed by atoms with Gasteiger partial charge in [0.1, 0.15) is 5.75 Å². The number of carbonyl (C=O) groups excluding carboxylic acids is 2. The fraction of sp³-hybridized carbons (Fsp3) is 0.263. The highest BCUT2D eigenvalue weighted by Crippen LogP contribution is 2.26. The number of hydrogen-bond donors (Lipinski definition) is 4.